The van der Waals surface area contributed by atoms with Crippen LogP contribution in [-0.2, 0) is 10.0 Å². The molecule has 2 rings (SSSR count). The Hall–Kier alpha value is -0.170. The highest BCUT2D eigenvalue weighted by atomic mass is 32.2. The quantitative estimate of drug-likeness (QED) is 0.661. The van der Waals surface area contributed by atoms with Gasteiger partial charge in [-0.1, -0.05) is 0 Å². The van der Waals surface area contributed by atoms with Gasteiger partial charge in [-0.3, -0.25) is 0 Å². The normalized spacial score (nSPS) is 25.3. The van der Waals surface area contributed by atoms with Crippen molar-refractivity contribution < 1.29 is 8.42 Å². The Morgan fingerprint density at radius 3 is 2.53 bits per heavy atom. The third-order valence-corrected chi connectivity index (χ3v) is 6.01. The van der Waals surface area contributed by atoms with E-state index in [1.807, 2.05) is 14.1 Å². The van der Waals surface area contributed by atoms with Gasteiger partial charge < -0.3 is 10.2 Å². The zero-order valence-electron chi connectivity index (χ0n) is 12.1. The zero-order valence-corrected chi connectivity index (χ0v) is 13.0. The molecule has 1 saturated carbocycles. The van der Waals surface area contributed by atoms with Crippen LogP contribution in [0.5, 0.6) is 0 Å². The summed E-state index contributed by atoms with van der Waals surface area (Å²) in [6.45, 7) is 2.31. The predicted molar refractivity (Wildman–Crippen MR) is 77.7 cm³/mol. The third-order valence-electron chi connectivity index (χ3n) is 4.09. The van der Waals surface area contributed by atoms with Gasteiger partial charge in [0.05, 0.1) is 5.75 Å². The van der Waals surface area contributed by atoms with E-state index in [0.717, 1.165) is 31.8 Å². The Balaban J connectivity index is 1.66. The lowest BCUT2D eigenvalue weighted by Gasteiger charge is -2.20. The minimum absolute atomic E-state index is 0.305. The van der Waals surface area contributed by atoms with Gasteiger partial charge in [-0.2, -0.15) is 0 Å². The van der Waals surface area contributed by atoms with E-state index >= 15 is 0 Å². The van der Waals surface area contributed by atoms with E-state index in [-0.39, 0.29) is 0 Å². The second-order valence-electron chi connectivity index (χ2n) is 6.02. The van der Waals surface area contributed by atoms with Crippen LogP contribution < -0.4 is 5.32 Å². The number of rotatable bonds is 8. The van der Waals surface area contributed by atoms with Crippen molar-refractivity contribution in [1.82, 2.24) is 14.5 Å². The average molecular weight is 289 g/mol. The smallest absolute Gasteiger partial charge is 0.214 e. The second-order valence-corrected chi connectivity index (χ2v) is 8.10. The lowest BCUT2D eigenvalue weighted by Crippen LogP contribution is -2.35. The molecule has 0 amide bonds. The SMILES string of the molecule is CN(C)C1CCN(S(=O)(=O)CCCCNC2CC2)C1. The summed E-state index contributed by atoms with van der Waals surface area (Å²) in [5, 5.41) is 3.42. The van der Waals surface area contributed by atoms with Crippen LogP contribution in [0.3, 0.4) is 0 Å². The van der Waals surface area contributed by atoms with Gasteiger partial charge >= 0.3 is 0 Å². The van der Waals surface area contributed by atoms with Gasteiger partial charge in [0.15, 0.2) is 0 Å². The summed E-state index contributed by atoms with van der Waals surface area (Å²) >= 11 is 0. The molecule has 1 N–H and O–H groups in total. The number of likely N-dealkylation sites (N-methyl/N-ethyl adjacent to an activating group) is 1. The van der Waals surface area contributed by atoms with Gasteiger partial charge in [-0.05, 0) is 52.7 Å². The van der Waals surface area contributed by atoms with Gasteiger partial charge in [-0.15, -0.1) is 0 Å². The summed E-state index contributed by atoms with van der Waals surface area (Å²) in [6.07, 6.45) is 5.26. The molecule has 2 fully saturated rings. The van der Waals surface area contributed by atoms with Crippen molar-refractivity contribution in [2.45, 2.75) is 44.2 Å². The minimum atomic E-state index is -3.03. The largest absolute Gasteiger partial charge is 0.314 e. The summed E-state index contributed by atoms with van der Waals surface area (Å²) in [5.74, 6) is 0.305. The first kappa shape index (κ1) is 15.2. The van der Waals surface area contributed by atoms with E-state index < -0.39 is 10.0 Å². The first-order valence-corrected chi connectivity index (χ1v) is 8.97. The fraction of sp³-hybridized carbons (Fsp3) is 1.00. The minimum Gasteiger partial charge on any atom is -0.314 e. The number of unbranched alkanes of at least 4 members (excludes halogenated alkanes) is 1. The van der Waals surface area contributed by atoms with E-state index in [4.69, 9.17) is 0 Å². The molecule has 1 heterocycles. The van der Waals surface area contributed by atoms with Crippen molar-refractivity contribution in [3.63, 3.8) is 0 Å². The number of hydrogen-bond acceptors (Lipinski definition) is 4. The first-order valence-electron chi connectivity index (χ1n) is 7.36. The highest BCUT2D eigenvalue weighted by Gasteiger charge is 2.31. The Labute approximate surface area is 117 Å². The Morgan fingerprint density at radius 1 is 1.21 bits per heavy atom. The Bertz CT molecular complexity index is 379. The lowest BCUT2D eigenvalue weighted by molar-refractivity contribution is 0.302. The summed E-state index contributed by atoms with van der Waals surface area (Å²) in [6, 6.07) is 1.10. The number of nitrogens with zero attached hydrogens (tertiary/aromatic N) is 2. The maximum atomic E-state index is 12.2. The molecule has 1 unspecified atom stereocenters. The van der Waals surface area contributed by atoms with Gasteiger partial charge in [0.1, 0.15) is 0 Å². The standard InChI is InChI=1S/C13H27N3O2S/c1-15(2)13-7-9-16(11-13)19(17,18)10-4-3-8-14-12-5-6-12/h12-14H,3-11H2,1-2H3. The van der Waals surface area contributed by atoms with Crippen molar-refractivity contribution in [1.29, 1.82) is 0 Å². The first-order chi connectivity index (χ1) is 8.99. The van der Waals surface area contributed by atoms with E-state index in [1.165, 1.54) is 12.8 Å². The molecule has 0 spiro atoms. The monoisotopic (exact) mass is 289 g/mol. The molecule has 6 heteroatoms. The van der Waals surface area contributed by atoms with Gasteiger partial charge in [0.25, 0.3) is 0 Å². The molecule has 0 aromatic heterocycles. The third kappa shape index (κ3) is 4.70. The van der Waals surface area contributed by atoms with Crippen LogP contribution >= 0.6 is 0 Å². The molecule has 0 aromatic rings. The Morgan fingerprint density at radius 2 is 1.95 bits per heavy atom. The van der Waals surface area contributed by atoms with E-state index in [0.29, 0.717) is 24.9 Å². The van der Waals surface area contributed by atoms with Gasteiger partial charge in [0.2, 0.25) is 10.0 Å². The maximum absolute atomic E-state index is 12.2. The van der Waals surface area contributed by atoms with E-state index in [9.17, 15) is 8.42 Å². The van der Waals surface area contributed by atoms with Gasteiger partial charge in [0, 0.05) is 25.2 Å². The van der Waals surface area contributed by atoms with Crippen LogP contribution in [0.4, 0.5) is 0 Å². The van der Waals surface area contributed by atoms with Crippen LogP contribution in [0.25, 0.3) is 0 Å². The van der Waals surface area contributed by atoms with Crippen molar-refractivity contribution >= 4 is 10.0 Å². The molecule has 0 bridgehead atoms. The van der Waals surface area contributed by atoms with Crippen molar-refractivity contribution in [2.75, 3.05) is 39.5 Å². The summed E-state index contributed by atoms with van der Waals surface area (Å²) < 4.78 is 26.1. The Kier molecular flexibility index (Phi) is 5.22. The molecular weight excluding hydrogens is 262 g/mol. The number of hydrogen-bond donors (Lipinski definition) is 1. The number of nitrogens with one attached hydrogen (secondary N) is 1. The van der Waals surface area contributed by atoms with Crippen molar-refractivity contribution in [3.8, 4) is 0 Å². The second kappa shape index (κ2) is 6.52. The van der Waals surface area contributed by atoms with Crippen LogP contribution in [0, 0.1) is 0 Å². The van der Waals surface area contributed by atoms with Gasteiger partial charge in [-0.25, -0.2) is 12.7 Å². The zero-order chi connectivity index (χ0) is 13.9. The molecule has 1 aliphatic carbocycles. The molecule has 19 heavy (non-hydrogen) atoms. The van der Waals surface area contributed by atoms with Crippen LogP contribution in [0.1, 0.15) is 32.1 Å². The molecular formula is C13H27N3O2S. The predicted octanol–water partition coefficient (Wildman–Crippen LogP) is 0.484. The summed E-state index contributed by atoms with van der Waals surface area (Å²) in [5.41, 5.74) is 0. The van der Waals surface area contributed by atoms with Crippen LogP contribution in [0.15, 0.2) is 0 Å². The molecule has 1 atom stereocenters. The molecule has 1 aliphatic heterocycles. The number of sulfonamides is 1. The molecule has 2 aliphatic rings. The van der Waals surface area contributed by atoms with Crippen molar-refractivity contribution in [2.24, 2.45) is 0 Å². The summed E-state index contributed by atoms with van der Waals surface area (Å²) in [4.78, 5) is 2.12. The lowest BCUT2D eigenvalue weighted by atomic mass is 10.2. The van der Waals surface area contributed by atoms with E-state index in [2.05, 4.69) is 10.2 Å². The molecule has 1 saturated heterocycles. The van der Waals surface area contributed by atoms with Crippen molar-refractivity contribution in [3.05, 3.63) is 0 Å². The fourth-order valence-corrected chi connectivity index (χ4v) is 4.13. The summed E-state index contributed by atoms with van der Waals surface area (Å²) in [7, 11) is 1.00. The van der Waals surface area contributed by atoms with Crippen LogP contribution in [-0.4, -0.2) is 69.2 Å². The highest BCUT2D eigenvalue weighted by Crippen LogP contribution is 2.19. The van der Waals surface area contributed by atoms with Crippen LogP contribution in [0.2, 0.25) is 0 Å². The topological polar surface area (TPSA) is 52.7 Å². The molecule has 0 radical (unpaired) electrons. The maximum Gasteiger partial charge on any atom is 0.214 e. The molecule has 112 valence electrons. The molecule has 5 nitrogen and oxygen atoms in total. The average Bonchev–Trinajstić information content (AvgIpc) is 3.01. The molecule has 0 aromatic carbocycles. The highest BCUT2D eigenvalue weighted by molar-refractivity contribution is 7.89. The van der Waals surface area contributed by atoms with E-state index in [1.54, 1.807) is 4.31 Å². The fourth-order valence-electron chi connectivity index (χ4n) is 2.52.